The number of rotatable bonds is 4. The van der Waals surface area contributed by atoms with E-state index in [9.17, 15) is 0 Å². The van der Waals surface area contributed by atoms with Crippen LogP contribution in [0.3, 0.4) is 0 Å². The van der Waals surface area contributed by atoms with Crippen LogP contribution in [0.4, 0.5) is 0 Å². The summed E-state index contributed by atoms with van der Waals surface area (Å²) in [5.74, 6) is 1.47. The minimum Gasteiger partial charge on any atom is -0.213 e. The van der Waals surface area contributed by atoms with Gasteiger partial charge in [-0.05, 0) is 0 Å². The van der Waals surface area contributed by atoms with E-state index < -0.39 is 0 Å². The van der Waals surface area contributed by atoms with E-state index in [1.54, 1.807) is 0 Å². The minimum absolute atomic E-state index is 0. The maximum atomic E-state index is 2.26. The van der Waals surface area contributed by atoms with Crippen molar-refractivity contribution in [1.82, 2.24) is 0 Å². The van der Waals surface area contributed by atoms with Gasteiger partial charge in [0.05, 0.1) is 0 Å². The largest absolute Gasteiger partial charge is 2.00 e. The van der Waals surface area contributed by atoms with Crippen LogP contribution >= 0.6 is 0 Å². The molecular weight excluding hydrogens is 256 g/mol. The molecule has 2 rings (SSSR count). The van der Waals surface area contributed by atoms with Gasteiger partial charge in [0, 0.05) is 0 Å². The second kappa shape index (κ2) is 10.7. The van der Waals surface area contributed by atoms with Gasteiger partial charge in [-0.25, -0.2) is 24.3 Å². The number of hydrogen-bond donors (Lipinski definition) is 0. The van der Waals surface area contributed by atoms with Crippen LogP contribution in [0.1, 0.15) is 63.5 Å². The van der Waals surface area contributed by atoms with Gasteiger partial charge < -0.3 is 0 Å². The maximum Gasteiger partial charge on any atom is 2.00 e. The topological polar surface area (TPSA) is 0 Å². The molecule has 0 fully saturated rings. The van der Waals surface area contributed by atoms with Gasteiger partial charge >= 0.3 is 37.7 Å². The third-order valence-corrected chi connectivity index (χ3v) is 3.74. The Morgan fingerprint density at radius 2 is 0.947 bits per heavy atom. The van der Waals surface area contributed by atoms with Crippen LogP contribution in [0, 0.1) is 0 Å². The van der Waals surface area contributed by atoms with Crippen molar-refractivity contribution in [3.05, 3.63) is 59.7 Å². The van der Waals surface area contributed by atoms with Crippen LogP contribution in [0.25, 0.3) is 0 Å². The van der Waals surface area contributed by atoms with Crippen LogP contribution in [0.5, 0.6) is 0 Å². The Balaban J connectivity index is 0.000000324. The molecule has 0 heterocycles. The Kier molecular flexibility index (Phi) is 10.7. The van der Waals surface area contributed by atoms with E-state index >= 15 is 0 Å². The summed E-state index contributed by atoms with van der Waals surface area (Å²) in [6, 6.07) is 17.1. The molecule has 2 aromatic rings. The average Bonchev–Trinajstić information content (AvgIpc) is 3.09. The summed E-state index contributed by atoms with van der Waals surface area (Å²) in [6.07, 6.45) is 2.48. The Bertz CT molecular complexity index is 343. The van der Waals surface area contributed by atoms with Crippen molar-refractivity contribution in [2.75, 3.05) is 0 Å². The van der Waals surface area contributed by atoms with Gasteiger partial charge in [-0.1, -0.05) is 52.4 Å². The van der Waals surface area contributed by atoms with Gasteiger partial charge in [0.2, 0.25) is 0 Å². The molecule has 0 aliphatic carbocycles. The normalized spacial score (nSPS) is 12.8. The van der Waals surface area contributed by atoms with E-state index in [2.05, 4.69) is 76.2 Å². The summed E-state index contributed by atoms with van der Waals surface area (Å²) in [5, 5.41) is 0. The molecule has 0 aliphatic rings. The van der Waals surface area contributed by atoms with Gasteiger partial charge in [0.25, 0.3) is 0 Å². The monoisotopic (exact) mass is 282 g/mol. The summed E-state index contributed by atoms with van der Waals surface area (Å²) < 4.78 is 0. The fourth-order valence-electron chi connectivity index (χ4n) is 1.91. The van der Waals surface area contributed by atoms with Gasteiger partial charge in [0.1, 0.15) is 0 Å². The van der Waals surface area contributed by atoms with Crippen molar-refractivity contribution in [2.45, 2.75) is 52.4 Å². The molecule has 0 aromatic heterocycles. The first-order valence-electron chi connectivity index (χ1n) is 7.12. The molecule has 0 saturated heterocycles. The van der Waals surface area contributed by atoms with Crippen molar-refractivity contribution in [2.24, 2.45) is 0 Å². The third-order valence-electron chi connectivity index (χ3n) is 3.74. The third kappa shape index (κ3) is 6.79. The first-order valence-corrected chi connectivity index (χ1v) is 7.12. The van der Waals surface area contributed by atoms with Crippen LogP contribution in [-0.4, -0.2) is 37.7 Å². The van der Waals surface area contributed by atoms with E-state index in [1.807, 2.05) is 0 Å². The zero-order valence-corrected chi connectivity index (χ0v) is 15.1. The van der Waals surface area contributed by atoms with Gasteiger partial charge in [-0.15, -0.1) is 0 Å². The van der Waals surface area contributed by atoms with Crippen molar-refractivity contribution in [3.8, 4) is 0 Å². The van der Waals surface area contributed by atoms with Crippen molar-refractivity contribution >= 4 is 37.7 Å². The molecule has 1 heteroatoms. The predicted molar refractivity (Wildman–Crippen MR) is 87.2 cm³/mol. The molecular formula is C18H26Ca. The molecule has 0 N–H and O–H groups in total. The molecule has 0 saturated carbocycles. The molecule has 19 heavy (non-hydrogen) atoms. The first-order chi connectivity index (χ1) is 8.69. The second-order valence-electron chi connectivity index (χ2n) is 5.06. The second-order valence-corrected chi connectivity index (χ2v) is 5.06. The molecule has 2 unspecified atom stereocenters. The average molecular weight is 282 g/mol. The molecule has 0 aliphatic heterocycles. The number of hydrogen-bond acceptors (Lipinski definition) is 0. The summed E-state index contributed by atoms with van der Waals surface area (Å²) in [6.45, 7) is 8.96. The molecule has 0 spiro atoms. The van der Waals surface area contributed by atoms with E-state index in [-0.39, 0.29) is 37.7 Å². The fraction of sp³-hybridized carbons (Fsp3) is 0.444. The van der Waals surface area contributed by atoms with Crippen LogP contribution in [-0.2, 0) is 0 Å². The molecule has 0 nitrogen and oxygen atoms in total. The molecule has 100 valence electrons. The summed E-state index contributed by atoms with van der Waals surface area (Å²) >= 11 is 0. The van der Waals surface area contributed by atoms with Crippen molar-refractivity contribution < 1.29 is 0 Å². The molecule has 0 amide bonds. The molecule has 2 atom stereocenters. The van der Waals surface area contributed by atoms with Gasteiger partial charge in [-0.3, -0.25) is 0 Å². The SMILES string of the molecule is CCC(C)[c-]1cccc1.CCC(C)[c-]1cccc1.[Ca+2]. The van der Waals surface area contributed by atoms with E-state index in [1.165, 1.54) is 24.0 Å². The van der Waals surface area contributed by atoms with Gasteiger partial charge in [-0.2, -0.15) is 35.4 Å². The standard InChI is InChI=1S/2C9H13.Ca/c2*1-3-8(2)9-6-4-5-7-9;/h2*4-8H,3H2,1-2H3;/q2*-1;+2. The Hall–Kier alpha value is -0.0403. The molecule has 0 bridgehead atoms. The Labute approximate surface area is 149 Å². The summed E-state index contributed by atoms with van der Waals surface area (Å²) in [7, 11) is 0. The van der Waals surface area contributed by atoms with Crippen molar-refractivity contribution in [1.29, 1.82) is 0 Å². The van der Waals surface area contributed by atoms with Gasteiger partial charge in [0.15, 0.2) is 0 Å². The fourth-order valence-corrected chi connectivity index (χ4v) is 1.91. The Morgan fingerprint density at radius 3 is 1.16 bits per heavy atom. The minimum atomic E-state index is 0. The Morgan fingerprint density at radius 1 is 0.684 bits per heavy atom. The zero-order valence-electron chi connectivity index (χ0n) is 12.9. The van der Waals surface area contributed by atoms with Crippen LogP contribution in [0.2, 0.25) is 0 Å². The van der Waals surface area contributed by atoms with E-state index in [0.29, 0.717) is 0 Å². The quantitative estimate of drug-likeness (QED) is 0.516. The summed E-state index contributed by atoms with van der Waals surface area (Å²) in [5.41, 5.74) is 2.94. The van der Waals surface area contributed by atoms with Crippen LogP contribution < -0.4 is 0 Å². The molecule has 0 radical (unpaired) electrons. The van der Waals surface area contributed by atoms with E-state index in [0.717, 1.165) is 11.8 Å². The predicted octanol–water partition coefficient (Wildman–Crippen LogP) is 5.46. The van der Waals surface area contributed by atoms with E-state index in [4.69, 9.17) is 0 Å². The zero-order chi connectivity index (χ0) is 13.4. The molecule has 2 aromatic carbocycles. The first kappa shape index (κ1) is 19.0. The maximum absolute atomic E-state index is 2.26. The van der Waals surface area contributed by atoms with Crippen molar-refractivity contribution in [3.63, 3.8) is 0 Å². The summed E-state index contributed by atoms with van der Waals surface area (Å²) in [4.78, 5) is 0. The smallest absolute Gasteiger partial charge is 0.213 e. The van der Waals surface area contributed by atoms with Crippen LogP contribution in [0.15, 0.2) is 48.5 Å².